The molecular weight excluding hydrogens is 304 g/mol. The predicted octanol–water partition coefficient (Wildman–Crippen LogP) is 3.88. The summed E-state index contributed by atoms with van der Waals surface area (Å²) in [6.07, 6.45) is 5.40. The third-order valence-electron chi connectivity index (χ3n) is 3.86. The van der Waals surface area contributed by atoms with Crippen LogP contribution in [0, 0.1) is 12.3 Å². The molecule has 0 spiro atoms. The van der Waals surface area contributed by atoms with Gasteiger partial charge < -0.3 is 10.2 Å². The van der Waals surface area contributed by atoms with E-state index in [0.717, 1.165) is 0 Å². The van der Waals surface area contributed by atoms with E-state index in [0.29, 0.717) is 21.9 Å². The minimum absolute atomic E-state index is 0.00381. The first-order valence-corrected chi connectivity index (χ1v) is 7.13. The monoisotopic (exact) mass is 316 g/mol. The highest BCUT2D eigenvalue weighted by Gasteiger charge is 2.20. The maximum atomic E-state index is 11.6. The Morgan fingerprint density at radius 3 is 2.08 bits per heavy atom. The van der Waals surface area contributed by atoms with Gasteiger partial charge in [-0.3, -0.25) is 0 Å². The van der Waals surface area contributed by atoms with E-state index in [4.69, 9.17) is 6.42 Å². The molecule has 0 aromatic heterocycles. The van der Waals surface area contributed by atoms with Crippen molar-refractivity contribution in [2.45, 2.75) is 0 Å². The molecule has 0 saturated carbocycles. The molecule has 2 N–H and O–H groups in total. The molecule has 4 heteroatoms. The molecule has 0 bridgehead atoms. The molecule has 3 aromatic carbocycles. The molecule has 0 amide bonds. The van der Waals surface area contributed by atoms with Crippen LogP contribution in [0.2, 0.25) is 0 Å². The average molecular weight is 316 g/mol. The summed E-state index contributed by atoms with van der Waals surface area (Å²) in [6, 6.07) is 15.1. The smallest absolute Gasteiger partial charge is 0.337 e. The Hall–Kier alpha value is -3.58. The number of carboxylic acids is 2. The second-order valence-electron chi connectivity index (χ2n) is 5.19. The molecular formula is C20H12O4. The van der Waals surface area contributed by atoms with Crippen molar-refractivity contribution in [2.24, 2.45) is 0 Å². The van der Waals surface area contributed by atoms with Gasteiger partial charge in [0.1, 0.15) is 0 Å². The van der Waals surface area contributed by atoms with Gasteiger partial charge in [0.05, 0.1) is 11.1 Å². The second-order valence-corrected chi connectivity index (χ2v) is 5.19. The molecule has 3 rings (SSSR count). The van der Waals surface area contributed by atoms with E-state index in [1.165, 1.54) is 18.2 Å². The Labute approximate surface area is 138 Å². The van der Waals surface area contributed by atoms with Crippen LogP contribution in [0.3, 0.4) is 0 Å². The lowest BCUT2D eigenvalue weighted by Gasteiger charge is -2.13. The minimum atomic E-state index is -1.14. The van der Waals surface area contributed by atoms with Crippen molar-refractivity contribution < 1.29 is 19.8 Å². The number of hydrogen-bond acceptors (Lipinski definition) is 2. The van der Waals surface area contributed by atoms with Gasteiger partial charge in [-0.1, -0.05) is 48.4 Å². The first-order chi connectivity index (χ1) is 11.5. The number of carbonyl (C=O) groups is 2. The Kier molecular flexibility index (Phi) is 3.77. The standard InChI is InChI=1S/C20H12O4/c1-2-12-8-9-14-15(18(12)20(23)24)10-11-16(19(21)22)17(14)13-6-4-3-5-7-13/h1,3-11H,(H,21,22)(H,23,24). The number of carboxylic acid groups (broad SMARTS) is 2. The lowest BCUT2D eigenvalue weighted by Crippen LogP contribution is -2.05. The highest BCUT2D eigenvalue weighted by atomic mass is 16.4. The Bertz CT molecular complexity index is 1010. The fourth-order valence-corrected chi connectivity index (χ4v) is 2.85. The van der Waals surface area contributed by atoms with Gasteiger partial charge in [0.15, 0.2) is 0 Å². The van der Waals surface area contributed by atoms with E-state index in [9.17, 15) is 19.8 Å². The molecule has 116 valence electrons. The van der Waals surface area contributed by atoms with Gasteiger partial charge in [-0.25, -0.2) is 9.59 Å². The number of hydrogen-bond donors (Lipinski definition) is 2. The Morgan fingerprint density at radius 2 is 1.50 bits per heavy atom. The number of aromatic carboxylic acids is 2. The van der Waals surface area contributed by atoms with Crippen LogP contribution in [0.5, 0.6) is 0 Å². The van der Waals surface area contributed by atoms with Crippen molar-refractivity contribution in [3.8, 4) is 23.5 Å². The summed E-state index contributed by atoms with van der Waals surface area (Å²) >= 11 is 0. The van der Waals surface area contributed by atoms with E-state index in [1.807, 2.05) is 6.07 Å². The van der Waals surface area contributed by atoms with E-state index >= 15 is 0 Å². The third-order valence-corrected chi connectivity index (χ3v) is 3.86. The number of benzene rings is 3. The molecule has 0 fully saturated rings. The fourth-order valence-electron chi connectivity index (χ4n) is 2.85. The fraction of sp³-hybridized carbons (Fsp3) is 0. The summed E-state index contributed by atoms with van der Waals surface area (Å²) in [5, 5.41) is 20.0. The van der Waals surface area contributed by atoms with Crippen molar-refractivity contribution >= 4 is 22.7 Å². The van der Waals surface area contributed by atoms with E-state index in [1.54, 1.807) is 30.3 Å². The Morgan fingerprint density at radius 1 is 0.833 bits per heavy atom. The molecule has 0 radical (unpaired) electrons. The largest absolute Gasteiger partial charge is 0.478 e. The van der Waals surface area contributed by atoms with Crippen LogP contribution in [0.15, 0.2) is 54.6 Å². The topological polar surface area (TPSA) is 74.6 Å². The molecule has 0 aliphatic carbocycles. The second kappa shape index (κ2) is 5.90. The van der Waals surface area contributed by atoms with Gasteiger partial charge in [0.2, 0.25) is 0 Å². The lowest BCUT2D eigenvalue weighted by molar-refractivity contribution is 0.0688. The SMILES string of the molecule is C#Cc1ccc2c(-c3ccccc3)c(C(=O)O)ccc2c1C(=O)O. The van der Waals surface area contributed by atoms with Gasteiger partial charge in [-0.05, 0) is 28.5 Å². The zero-order valence-corrected chi connectivity index (χ0v) is 12.5. The van der Waals surface area contributed by atoms with Crippen LogP contribution in [-0.4, -0.2) is 22.2 Å². The predicted molar refractivity (Wildman–Crippen MR) is 91.2 cm³/mol. The molecule has 4 nitrogen and oxygen atoms in total. The normalized spacial score (nSPS) is 10.3. The summed E-state index contributed by atoms with van der Waals surface area (Å²) in [4.78, 5) is 23.3. The highest BCUT2D eigenvalue weighted by molar-refractivity contribution is 6.14. The van der Waals surface area contributed by atoms with Gasteiger partial charge in [0, 0.05) is 11.1 Å². The summed E-state index contributed by atoms with van der Waals surface area (Å²) in [6.45, 7) is 0. The van der Waals surface area contributed by atoms with Crippen molar-refractivity contribution in [1.29, 1.82) is 0 Å². The zero-order chi connectivity index (χ0) is 17.3. The number of fused-ring (bicyclic) bond motifs is 1. The molecule has 0 saturated heterocycles. The molecule has 0 aliphatic heterocycles. The van der Waals surface area contributed by atoms with Gasteiger partial charge in [-0.15, -0.1) is 6.42 Å². The minimum Gasteiger partial charge on any atom is -0.478 e. The molecule has 0 heterocycles. The van der Waals surface area contributed by atoms with Crippen molar-refractivity contribution in [2.75, 3.05) is 0 Å². The molecule has 0 aliphatic rings. The van der Waals surface area contributed by atoms with Crippen LogP contribution in [0.1, 0.15) is 26.3 Å². The van der Waals surface area contributed by atoms with Crippen molar-refractivity contribution in [3.05, 3.63) is 71.3 Å². The maximum Gasteiger partial charge on any atom is 0.337 e. The molecule has 0 atom stereocenters. The molecule has 24 heavy (non-hydrogen) atoms. The third kappa shape index (κ3) is 2.38. The number of terminal acetylenes is 1. The van der Waals surface area contributed by atoms with Gasteiger partial charge in [-0.2, -0.15) is 0 Å². The van der Waals surface area contributed by atoms with Crippen LogP contribution in [0.4, 0.5) is 0 Å². The van der Waals surface area contributed by atoms with E-state index in [-0.39, 0.29) is 16.7 Å². The van der Waals surface area contributed by atoms with E-state index < -0.39 is 11.9 Å². The Balaban J connectivity index is 2.50. The van der Waals surface area contributed by atoms with Crippen LogP contribution in [-0.2, 0) is 0 Å². The molecule has 3 aromatic rings. The number of rotatable bonds is 3. The summed E-state index contributed by atoms with van der Waals surface area (Å²) in [7, 11) is 0. The first kappa shape index (κ1) is 15.3. The quantitative estimate of drug-likeness (QED) is 0.719. The van der Waals surface area contributed by atoms with Crippen LogP contribution >= 0.6 is 0 Å². The maximum absolute atomic E-state index is 11.6. The summed E-state index contributed by atoms with van der Waals surface area (Å²) in [5.74, 6) is 0.150. The van der Waals surface area contributed by atoms with Gasteiger partial charge in [0.25, 0.3) is 0 Å². The van der Waals surface area contributed by atoms with Gasteiger partial charge >= 0.3 is 11.9 Å². The van der Waals surface area contributed by atoms with E-state index in [2.05, 4.69) is 5.92 Å². The van der Waals surface area contributed by atoms with Crippen molar-refractivity contribution in [3.63, 3.8) is 0 Å². The van der Waals surface area contributed by atoms with Crippen LogP contribution in [0.25, 0.3) is 21.9 Å². The first-order valence-electron chi connectivity index (χ1n) is 7.13. The van der Waals surface area contributed by atoms with Crippen molar-refractivity contribution in [1.82, 2.24) is 0 Å². The molecule has 0 unspecified atom stereocenters. The van der Waals surface area contributed by atoms with Crippen LogP contribution < -0.4 is 0 Å². The summed E-state index contributed by atoms with van der Waals surface area (Å²) in [5.41, 5.74) is 1.55. The lowest BCUT2D eigenvalue weighted by atomic mass is 9.89. The zero-order valence-electron chi connectivity index (χ0n) is 12.5. The highest BCUT2D eigenvalue weighted by Crippen LogP contribution is 2.35. The summed E-state index contributed by atoms with van der Waals surface area (Å²) < 4.78 is 0. The average Bonchev–Trinajstić information content (AvgIpc) is 2.59.